The molecule has 1 heterocycles. The third kappa shape index (κ3) is 4.03. The number of carbonyl (C=O) groups is 1. The number of rotatable bonds is 6. The van der Waals surface area contributed by atoms with E-state index in [1.807, 2.05) is 13.8 Å². The molecular weight excluding hydrogens is 268 g/mol. The van der Waals surface area contributed by atoms with E-state index in [-0.39, 0.29) is 17.3 Å². The lowest BCUT2D eigenvalue weighted by Gasteiger charge is -2.16. The van der Waals surface area contributed by atoms with Gasteiger partial charge >= 0.3 is 0 Å². The van der Waals surface area contributed by atoms with Crippen LogP contribution < -0.4 is 5.32 Å². The molecule has 0 aliphatic rings. The Balaban J connectivity index is 2.70. The van der Waals surface area contributed by atoms with Crippen LogP contribution in [-0.2, 0) is 14.8 Å². The monoisotopic (exact) mass is 288 g/mol. The minimum atomic E-state index is -3.68. The van der Waals surface area contributed by atoms with Crippen LogP contribution >= 0.6 is 0 Å². The van der Waals surface area contributed by atoms with Crippen molar-refractivity contribution < 1.29 is 13.2 Å². The van der Waals surface area contributed by atoms with E-state index in [1.165, 1.54) is 13.2 Å². The fourth-order valence-corrected chi connectivity index (χ4v) is 2.67. The molecule has 1 rings (SSSR count). The third-order valence-corrected chi connectivity index (χ3v) is 4.46. The van der Waals surface area contributed by atoms with Crippen molar-refractivity contribution >= 4 is 15.9 Å². The number of amides is 1. The Labute approximate surface area is 113 Å². The van der Waals surface area contributed by atoms with Gasteiger partial charge in [-0.3, -0.25) is 9.89 Å². The summed E-state index contributed by atoms with van der Waals surface area (Å²) in [5.74, 6) is 0.00269. The van der Waals surface area contributed by atoms with Crippen LogP contribution in [0.5, 0.6) is 0 Å². The van der Waals surface area contributed by atoms with Gasteiger partial charge in [0.15, 0.2) is 0 Å². The molecule has 0 bridgehead atoms. The quantitative estimate of drug-likeness (QED) is 0.776. The fraction of sp³-hybridized carbons (Fsp3) is 0.636. The van der Waals surface area contributed by atoms with Gasteiger partial charge in [0.05, 0.1) is 18.4 Å². The molecule has 0 spiro atoms. The molecule has 7 nitrogen and oxygen atoms in total. The zero-order valence-electron chi connectivity index (χ0n) is 11.6. The molecule has 1 aromatic heterocycles. The van der Waals surface area contributed by atoms with Crippen LogP contribution in [0.1, 0.15) is 19.5 Å². The molecule has 0 aliphatic heterocycles. The Kier molecular flexibility index (Phi) is 5.07. The van der Waals surface area contributed by atoms with Gasteiger partial charge in [0.2, 0.25) is 15.9 Å². The molecule has 1 aromatic rings. The van der Waals surface area contributed by atoms with Crippen molar-refractivity contribution in [2.75, 3.05) is 20.1 Å². The number of aryl methyl sites for hydroxylation is 1. The van der Waals surface area contributed by atoms with Crippen molar-refractivity contribution in [3.8, 4) is 0 Å². The first-order valence-electron chi connectivity index (χ1n) is 5.98. The minimum Gasteiger partial charge on any atom is -0.355 e. The standard InChI is InChI=1S/C11H20N4O3S/c1-8(2)5-12-11(16)7-15(4)19(17,18)10-6-13-14-9(10)3/h6,8H,5,7H2,1-4H3,(H,12,16)(H,13,14). The van der Waals surface area contributed by atoms with E-state index in [2.05, 4.69) is 15.5 Å². The van der Waals surface area contributed by atoms with Crippen LogP contribution in [-0.4, -0.2) is 49.0 Å². The minimum absolute atomic E-state index is 0.0895. The predicted octanol–water partition coefficient (Wildman–Crippen LogP) is 0.111. The maximum absolute atomic E-state index is 12.2. The summed E-state index contributed by atoms with van der Waals surface area (Å²) in [5, 5.41) is 8.92. The molecule has 0 fully saturated rings. The smallest absolute Gasteiger partial charge is 0.246 e. The topological polar surface area (TPSA) is 95.2 Å². The molecule has 1 amide bonds. The highest BCUT2D eigenvalue weighted by Gasteiger charge is 2.25. The lowest BCUT2D eigenvalue weighted by Crippen LogP contribution is -2.39. The normalized spacial score (nSPS) is 12.1. The second-order valence-electron chi connectivity index (χ2n) is 4.82. The summed E-state index contributed by atoms with van der Waals surface area (Å²) < 4.78 is 25.4. The zero-order valence-corrected chi connectivity index (χ0v) is 12.4. The van der Waals surface area contributed by atoms with Crippen molar-refractivity contribution in [1.29, 1.82) is 0 Å². The van der Waals surface area contributed by atoms with E-state index in [9.17, 15) is 13.2 Å². The summed E-state index contributed by atoms with van der Waals surface area (Å²) in [5.41, 5.74) is 0.453. The highest BCUT2D eigenvalue weighted by atomic mass is 32.2. The Morgan fingerprint density at radius 1 is 1.53 bits per heavy atom. The number of sulfonamides is 1. The largest absolute Gasteiger partial charge is 0.355 e. The van der Waals surface area contributed by atoms with Gasteiger partial charge in [-0.05, 0) is 12.8 Å². The molecular formula is C11H20N4O3S. The van der Waals surface area contributed by atoms with Crippen LogP contribution in [0.25, 0.3) is 0 Å². The maximum atomic E-state index is 12.2. The SMILES string of the molecule is Cc1[nH]ncc1S(=O)(=O)N(C)CC(=O)NCC(C)C. The first kappa shape index (κ1) is 15.6. The van der Waals surface area contributed by atoms with Gasteiger partial charge < -0.3 is 5.32 Å². The summed E-state index contributed by atoms with van der Waals surface area (Å²) in [6, 6.07) is 0. The first-order valence-corrected chi connectivity index (χ1v) is 7.42. The lowest BCUT2D eigenvalue weighted by molar-refractivity contribution is -0.121. The molecule has 0 aromatic carbocycles. The molecule has 0 unspecified atom stereocenters. The van der Waals surface area contributed by atoms with E-state index in [4.69, 9.17) is 0 Å². The molecule has 0 radical (unpaired) electrons. The number of hydrogen-bond donors (Lipinski definition) is 2. The Morgan fingerprint density at radius 2 is 2.16 bits per heavy atom. The second kappa shape index (κ2) is 6.16. The predicted molar refractivity (Wildman–Crippen MR) is 71.0 cm³/mol. The van der Waals surface area contributed by atoms with Gasteiger partial charge in [-0.1, -0.05) is 13.8 Å². The van der Waals surface area contributed by atoms with Crippen LogP contribution in [0, 0.1) is 12.8 Å². The van der Waals surface area contributed by atoms with Crippen molar-refractivity contribution in [3.63, 3.8) is 0 Å². The molecule has 19 heavy (non-hydrogen) atoms. The number of carbonyl (C=O) groups excluding carboxylic acids is 1. The Morgan fingerprint density at radius 3 is 2.63 bits per heavy atom. The number of aromatic nitrogens is 2. The van der Waals surface area contributed by atoms with Crippen LogP contribution in [0.3, 0.4) is 0 Å². The van der Waals surface area contributed by atoms with Gasteiger partial charge in [-0.25, -0.2) is 8.42 Å². The summed E-state index contributed by atoms with van der Waals surface area (Å²) >= 11 is 0. The molecule has 2 N–H and O–H groups in total. The number of nitrogens with one attached hydrogen (secondary N) is 2. The third-order valence-electron chi connectivity index (χ3n) is 2.55. The molecule has 8 heteroatoms. The highest BCUT2D eigenvalue weighted by molar-refractivity contribution is 7.89. The number of likely N-dealkylation sites (N-methyl/N-ethyl adjacent to an activating group) is 1. The van der Waals surface area contributed by atoms with Gasteiger partial charge in [0.25, 0.3) is 0 Å². The lowest BCUT2D eigenvalue weighted by atomic mass is 10.2. The average molecular weight is 288 g/mol. The zero-order chi connectivity index (χ0) is 14.6. The molecule has 0 saturated carbocycles. The number of H-pyrrole nitrogens is 1. The second-order valence-corrected chi connectivity index (χ2v) is 6.83. The van der Waals surface area contributed by atoms with Crippen LogP contribution in [0.15, 0.2) is 11.1 Å². The number of aromatic amines is 1. The molecule has 0 atom stereocenters. The van der Waals surface area contributed by atoms with Crippen molar-refractivity contribution in [3.05, 3.63) is 11.9 Å². The van der Waals surface area contributed by atoms with Crippen molar-refractivity contribution in [2.45, 2.75) is 25.7 Å². The first-order chi connectivity index (χ1) is 8.75. The molecule has 0 saturated heterocycles. The summed E-state index contributed by atoms with van der Waals surface area (Å²) in [6.07, 6.45) is 1.24. The Bertz CT molecular complexity index is 536. The van der Waals surface area contributed by atoms with Gasteiger partial charge in [-0.15, -0.1) is 0 Å². The van der Waals surface area contributed by atoms with E-state index in [0.29, 0.717) is 18.2 Å². The summed E-state index contributed by atoms with van der Waals surface area (Å²) in [7, 11) is -2.31. The van der Waals surface area contributed by atoms with E-state index in [0.717, 1.165) is 4.31 Å². The fourth-order valence-electron chi connectivity index (χ4n) is 1.43. The average Bonchev–Trinajstić information content (AvgIpc) is 2.73. The van der Waals surface area contributed by atoms with Crippen molar-refractivity contribution in [1.82, 2.24) is 19.8 Å². The molecule has 108 valence electrons. The van der Waals surface area contributed by atoms with E-state index in [1.54, 1.807) is 6.92 Å². The number of hydrogen-bond acceptors (Lipinski definition) is 4. The van der Waals surface area contributed by atoms with Crippen molar-refractivity contribution in [2.24, 2.45) is 5.92 Å². The van der Waals surface area contributed by atoms with Gasteiger partial charge in [0, 0.05) is 13.6 Å². The van der Waals surface area contributed by atoms with E-state index >= 15 is 0 Å². The maximum Gasteiger partial charge on any atom is 0.246 e. The highest BCUT2D eigenvalue weighted by Crippen LogP contribution is 2.15. The molecule has 0 aliphatic carbocycles. The van der Waals surface area contributed by atoms with Gasteiger partial charge in [0.1, 0.15) is 4.90 Å². The summed E-state index contributed by atoms with van der Waals surface area (Å²) in [4.78, 5) is 11.7. The van der Waals surface area contributed by atoms with Crippen LogP contribution in [0.4, 0.5) is 0 Å². The van der Waals surface area contributed by atoms with Gasteiger partial charge in [-0.2, -0.15) is 9.40 Å². The number of nitrogens with zero attached hydrogens (tertiary/aromatic N) is 2. The summed E-state index contributed by atoms with van der Waals surface area (Å²) in [6.45, 7) is 5.87. The Hall–Kier alpha value is -1.41. The van der Waals surface area contributed by atoms with E-state index < -0.39 is 10.0 Å². The van der Waals surface area contributed by atoms with Crippen LogP contribution in [0.2, 0.25) is 0 Å².